The molecule has 9 heteroatoms. The quantitative estimate of drug-likeness (QED) is 0.567. The normalized spacial score (nSPS) is 26.6. The number of imide groups is 1. The Morgan fingerprint density at radius 3 is 2.33 bits per heavy atom. The highest BCUT2D eigenvalue weighted by Crippen LogP contribution is 2.59. The Hall–Kier alpha value is -2.29. The third-order valence-corrected chi connectivity index (χ3v) is 6.23. The maximum absolute atomic E-state index is 12.6. The van der Waals surface area contributed by atoms with E-state index in [4.69, 9.17) is 9.47 Å². The first-order chi connectivity index (χ1) is 11.4. The van der Waals surface area contributed by atoms with Crippen LogP contribution in [0.1, 0.15) is 43.4 Å². The average Bonchev–Trinajstić information content (AvgIpc) is 3.27. The van der Waals surface area contributed by atoms with Gasteiger partial charge in [0.25, 0.3) is 0 Å². The number of ether oxygens (including phenoxy) is 2. The number of likely N-dealkylation sites (N-methyl/N-ethyl adjacent to an activating group) is 1. The molecular weight excluding hydrogens is 336 g/mol. The van der Waals surface area contributed by atoms with Crippen LogP contribution in [-0.4, -0.2) is 54.5 Å². The molecule has 1 aromatic rings. The van der Waals surface area contributed by atoms with Gasteiger partial charge in [0.05, 0.1) is 42.6 Å². The van der Waals surface area contributed by atoms with Crippen LogP contribution >= 0.6 is 11.8 Å². The van der Waals surface area contributed by atoms with Crippen LogP contribution in [0.15, 0.2) is 0 Å². The number of carbonyl (C=O) groups is 4. The van der Waals surface area contributed by atoms with Crippen LogP contribution in [0, 0.1) is 5.92 Å². The predicted molar refractivity (Wildman–Crippen MR) is 81.5 cm³/mol. The van der Waals surface area contributed by atoms with Gasteiger partial charge in [0, 0.05) is 24.2 Å². The topological polar surface area (TPSA) is 94.9 Å². The maximum Gasteiger partial charge on any atom is 0.340 e. The first-order valence-electron chi connectivity index (χ1n) is 7.30. The van der Waals surface area contributed by atoms with E-state index in [1.807, 2.05) is 0 Å². The molecule has 0 bridgehead atoms. The summed E-state index contributed by atoms with van der Waals surface area (Å²) in [5.41, 5.74) is 1.21. The van der Waals surface area contributed by atoms with Crippen LogP contribution in [-0.2, 0) is 24.8 Å². The van der Waals surface area contributed by atoms with Crippen molar-refractivity contribution in [3.8, 4) is 0 Å². The number of methoxy groups -OCH3 is 2. The predicted octanol–water partition coefficient (Wildman–Crippen LogP) is 0.519. The summed E-state index contributed by atoms with van der Waals surface area (Å²) in [4.78, 5) is 50.7. The lowest BCUT2D eigenvalue weighted by atomic mass is 9.91. The Balaban J connectivity index is 2.02. The summed E-state index contributed by atoms with van der Waals surface area (Å²) in [6, 6.07) is 0. The molecule has 8 nitrogen and oxygen atoms in total. The molecule has 1 fully saturated rings. The number of fused-ring (bicyclic) bond motifs is 3. The summed E-state index contributed by atoms with van der Waals surface area (Å²) < 4.78 is 11.4. The molecule has 1 saturated heterocycles. The zero-order valence-corrected chi connectivity index (χ0v) is 14.0. The van der Waals surface area contributed by atoms with Crippen molar-refractivity contribution in [2.75, 3.05) is 21.3 Å². The Kier molecular flexibility index (Phi) is 3.08. The SMILES string of the molecule is COC(=O)c1c(C(=O)OC)c2n3c1CS[C@H]3[C@H]1C(=O)N(C)C(=O)[C@@H]21. The van der Waals surface area contributed by atoms with Gasteiger partial charge in [-0.25, -0.2) is 9.59 Å². The van der Waals surface area contributed by atoms with Crippen LogP contribution in [0.4, 0.5) is 0 Å². The summed E-state index contributed by atoms with van der Waals surface area (Å²) in [5.74, 6) is -2.79. The van der Waals surface area contributed by atoms with E-state index in [2.05, 4.69) is 0 Å². The standard InChI is InChI=1S/C15H14N2O6S/c1-16-11(18)7-9(12(16)19)13-17-5(4-24-13)6(14(20)22-2)8(10(7)17)15(21)23-3/h7,9,13H,4H2,1-3H3/t7-,9-,13+/m1/s1. The molecule has 3 aliphatic rings. The minimum absolute atomic E-state index is 0.0496. The number of rotatable bonds is 2. The van der Waals surface area contributed by atoms with Crippen LogP contribution in [0.3, 0.4) is 0 Å². The Morgan fingerprint density at radius 2 is 1.71 bits per heavy atom. The highest BCUT2D eigenvalue weighted by Gasteiger charge is 2.61. The van der Waals surface area contributed by atoms with Gasteiger partial charge in [-0.1, -0.05) is 0 Å². The van der Waals surface area contributed by atoms with Crippen molar-refractivity contribution < 1.29 is 28.7 Å². The highest BCUT2D eigenvalue weighted by atomic mass is 32.2. The first-order valence-corrected chi connectivity index (χ1v) is 8.35. The number of likely N-dealkylation sites (tertiary alicyclic amines) is 1. The molecule has 0 unspecified atom stereocenters. The molecule has 0 radical (unpaired) electrons. The molecule has 0 aromatic carbocycles. The fraction of sp³-hybridized carbons (Fsp3) is 0.467. The Bertz CT molecular complexity index is 828. The van der Waals surface area contributed by atoms with Gasteiger partial charge in [-0.3, -0.25) is 14.5 Å². The van der Waals surface area contributed by atoms with Crippen molar-refractivity contribution in [2.45, 2.75) is 17.0 Å². The molecule has 0 saturated carbocycles. The smallest absolute Gasteiger partial charge is 0.340 e. The maximum atomic E-state index is 12.6. The zero-order valence-electron chi connectivity index (χ0n) is 13.2. The molecule has 3 aliphatic heterocycles. The number of amides is 2. The Morgan fingerprint density at radius 1 is 1.08 bits per heavy atom. The number of nitrogens with zero attached hydrogens (tertiary/aromatic N) is 2. The third-order valence-electron chi connectivity index (χ3n) is 4.94. The summed E-state index contributed by atoms with van der Waals surface area (Å²) in [5, 5.41) is -0.289. The molecule has 4 heterocycles. The zero-order chi connectivity index (χ0) is 17.3. The van der Waals surface area contributed by atoms with E-state index in [0.29, 0.717) is 17.1 Å². The summed E-state index contributed by atoms with van der Waals surface area (Å²) in [6.07, 6.45) is 0. The monoisotopic (exact) mass is 350 g/mol. The van der Waals surface area contributed by atoms with Crippen molar-refractivity contribution >= 4 is 35.5 Å². The van der Waals surface area contributed by atoms with Crippen molar-refractivity contribution in [2.24, 2.45) is 5.92 Å². The molecule has 1 aromatic heterocycles. The van der Waals surface area contributed by atoms with Crippen molar-refractivity contribution in [3.63, 3.8) is 0 Å². The third kappa shape index (κ3) is 1.55. The summed E-state index contributed by atoms with van der Waals surface area (Å²) >= 11 is 1.49. The summed E-state index contributed by atoms with van der Waals surface area (Å²) in [7, 11) is 3.89. The molecule has 126 valence electrons. The first kappa shape index (κ1) is 15.3. The molecule has 4 rings (SSSR count). The second kappa shape index (κ2) is 4.85. The second-order valence-corrected chi connectivity index (χ2v) is 6.98. The number of thioether (sulfide) groups is 1. The lowest BCUT2D eigenvalue weighted by Crippen LogP contribution is -2.28. The molecule has 0 aliphatic carbocycles. The number of hydrogen-bond acceptors (Lipinski definition) is 7. The average molecular weight is 350 g/mol. The fourth-order valence-corrected chi connectivity index (χ4v) is 5.42. The van der Waals surface area contributed by atoms with E-state index < -0.39 is 23.8 Å². The lowest BCUT2D eigenvalue weighted by molar-refractivity contribution is -0.138. The molecule has 3 atom stereocenters. The molecular formula is C15H14N2O6S. The van der Waals surface area contributed by atoms with Crippen LogP contribution < -0.4 is 0 Å². The number of aromatic nitrogens is 1. The van der Waals surface area contributed by atoms with Gasteiger partial charge in [0.1, 0.15) is 0 Å². The molecule has 2 amide bonds. The summed E-state index contributed by atoms with van der Waals surface area (Å²) in [6.45, 7) is 0. The van der Waals surface area contributed by atoms with Crippen molar-refractivity contribution in [1.29, 1.82) is 0 Å². The Labute approximate surface area is 141 Å². The number of esters is 2. The number of carbonyl (C=O) groups excluding carboxylic acids is 4. The second-order valence-electron chi connectivity index (χ2n) is 5.88. The molecule has 24 heavy (non-hydrogen) atoms. The fourth-order valence-electron chi connectivity index (χ4n) is 3.94. The van der Waals surface area contributed by atoms with Crippen molar-refractivity contribution in [1.82, 2.24) is 9.47 Å². The van der Waals surface area contributed by atoms with Gasteiger partial charge in [-0.2, -0.15) is 0 Å². The van der Waals surface area contributed by atoms with Gasteiger partial charge in [0.2, 0.25) is 11.8 Å². The van der Waals surface area contributed by atoms with E-state index in [1.165, 1.54) is 33.0 Å². The molecule has 0 spiro atoms. The van der Waals surface area contributed by atoms with E-state index in [9.17, 15) is 19.2 Å². The van der Waals surface area contributed by atoms with E-state index >= 15 is 0 Å². The van der Waals surface area contributed by atoms with Crippen molar-refractivity contribution in [3.05, 3.63) is 22.5 Å². The highest BCUT2D eigenvalue weighted by molar-refractivity contribution is 7.98. The minimum atomic E-state index is -0.758. The van der Waals surface area contributed by atoms with E-state index in [-0.39, 0.29) is 28.3 Å². The van der Waals surface area contributed by atoms with Crippen LogP contribution in [0.25, 0.3) is 0 Å². The van der Waals surface area contributed by atoms with Gasteiger partial charge in [-0.05, 0) is 0 Å². The minimum Gasteiger partial charge on any atom is -0.465 e. The van der Waals surface area contributed by atoms with Crippen LogP contribution in [0.5, 0.6) is 0 Å². The van der Waals surface area contributed by atoms with E-state index in [1.54, 1.807) is 4.57 Å². The van der Waals surface area contributed by atoms with E-state index in [0.717, 1.165) is 4.90 Å². The lowest BCUT2D eigenvalue weighted by Gasteiger charge is -2.14. The van der Waals surface area contributed by atoms with Gasteiger partial charge in [-0.15, -0.1) is 11.8 Å². The van der Waals surface area contributed by atoms with Crippen LogP contribution in [0.2, 0.25) is 0 Å². The van der Waals surface area contributed by atoms with Gasteiger partial charge < -0.3 is 14.0 Å². The largest absolute Gasteiger partial charge is 0.465 e. The van der Waals surface area contributed by atoms with Gasteiger partial charge >= 0.3 is 11.9 Å². The molecule has 0 N–H and O–H groups in total. The van der Waals surface area contributed by atoms with Gasteiger partial charge in [0.15, 0.2) is 0 Å². The number of hydrogen-bond donors (Lipinski definition) is 0.